The van der Waals surface area contributed by atoms with Gasteiger partial charge in [-0.1, -0.05) is 37.6 Å². The quantitative estimate of drug-likeness (QED) is 0.805. The van der Waals surface area contributed by atoms with E-state index in [1.807, 2.05) is 12.1 Å². The van der Waals surface area contributed by atoms with Gasteiger partial charge in [0.1, 0.15) is 11.5 Å². The Balaban J connectivity index is 2.29. The molecule has 0 unspecified atom stereocenters. The minimum Gasteiger partial charge on any atom is -0.508 e. The van der Waals surface area contributed by atoms with Gasteiger partial charge in [0.15, 0.2) is 0 Å². The van der Waals surface area contributed by atoms with Crippen molar-refractivity contribution in [3.63, 3.8) is 0 Å². The third-order valence-corrected chi connectivity index (χ3v) is 3.87. The first-order chi connectivity index (χ1) is 8.50. The van der Waals surface area contributed by atoms with E-state index in [0.717, 1.165) is 12.8 Å². The summed E-state index contributed by atoms with van der Waals surface area (Å²) in [4.78, 5) is 11.5. The van der Waals surface area contributed by atoms with Crippen molar-refractivity contribution in [1.82, 2.24) is 0 Å². The minimum absolute atomic E-state index is 0.0711. The van der Waals surface area contributed by atoms with E-state index in [9.17, 15) is 9.90 Å². The van der Waals surface area contributed by atoms with Gasteiger partial charge in [-0.2, -0.15) is 0 Å². The second kappa shape index (κ2) is 4.97. The molecule has 0 atom stereocenters. The maximum Gasteiger partial charge on any atom is 0.136 e. The molecule has 0 amide bonds. The van der Waals surface area contributed by atoms with Crippen LogP contribution in [0.15, 0.2) is 35.9 Å². The van der Waals surface area contributed by atoms with E-state index >= 15 is 0 Å². The van der Waals surface area contributed by atoms with Gasteiger partial charge in [-0.25, -0.2) is 0 Å². The summed E-state index contributed by atoms with van der Waals surface area (Å²) in [5.41, 5.74) is 2.44. The third-order valence-electron chi connectivity index (χ3n) is 3.87. The van der Waals surface area contributed by atoms with E-state index in [4.69, 9.17) is 0 Å². The molecule has 0 saturated heterocycles. The van der Waals surface area contributed by atoms with Crippen molar-refractivity contribution in [3.05, 3.63) is 41.5 Å². The molecule has 1 aliphatic carbocycles. The van der Waals surface area contributed by atoms with Crippen LogP contribution in [0.3, 0.4) is 0 Å². The van der Waals surface area contributed by atoms with E-state index in [1.165, 1.54) is 11.1 Å². The molecule has 0 saturated carbocycles. The highest BCUT2D eigenvalue weighted by atomic mass is 16.3. The van der Waals surface area contributed by atoms with Gasteiger partial charge < -0.3 is 5.11 Å². The smallest absolute Gasteiger partial charge is 0.136 e. The van der Waals surface area contributed by atoms with E-state index < -0.39 is 0 Å². The lowest BCUT2D eigenvalue weighted by molar-refractivity contribution is -0.118. The van der Waals surface area contributed by atoms with Crippen LogP contribution in [0.4, 0.5) is 0 Å². The number of aromatic hydroxyl groups is 1. The number of phenols is 1. The molecule has 2 rings (SSSR count). The average molecular weight is 244 g/mol. The summed E-state index contributed by atoms with van der Waals surface area (Å²) < 4.78 is 0. The van der Waals surface area contributed by atoms with Crippen LogP contribution in [0.25, 0.3) is 0 Å². The number of Topliss-reactive ketones (excluding diaryl/α,β-unsaturated/α-hetero) is 1. The van der Waals surface area contributed by atoms with Crippen molar-refractivity contribution < 1.29 is 9.90 Å². The van der Waals surface area contributed by atoms with Crippen molar-refractivity contribution in [3.8, 4) is 5.75 Å². The van der Waals surface area contributed by atoms with Crippen LogP contribution in [-0.4, -0.2) is 10.9 Å². The number of phenolic OH excluding ortho intramolecular Hbond substituents is 1. The third kappa shape index (κ3) is 2.63. The fraction of sp³-hybridized carbons (Fsp3) is 0.438. The molecule has 0 aliphatic heterocycles. The van der Waals surface area contributed by atoms with Gasteiger partial charge in [-0.15, -0.1) is 0 Å². The fourth-order valence-corrected chi connectivity index (χ4v) is 2.55. The van der Waals surface area contributed by atoms with Crippen LogP contribution in [0.5, 0.6) is 5.75 Å². The zero-order valence-electron chi connectivity index (χ0n) is 11.1. The topological polar surface area (TPSA) is 37.3 Å². The summed E-state index contributed by atoms with van der Waals surface area (Å²) in [7, 11) is 0. The summed E-state index contributed by atoms with van der Waals surface area (Å²) in [6, 6.07) is 7.37. The van der Waals surface area contributed by atoms with E-state index in [2.05, 4.69) is 19.9 Å². The molecule has 18 heavy (non-hydrogen) atoms. The molecule has 0 spiro atoms. The predicted octanol–water partition coefficient (Wildman–Crippen LogP) is 3.74. The first-order valence-corrected chi connectivity index (χ1v) is 6.51. The summed E-state index contributed by atoms with van der Waals surface area (Å²) in [5, 5.41) is 9.35. The summed E-state index contributed by atoms with van der Waals surface area (Å²) in [6.07, 6.45) is 5.30. The van der Waals surface area contributed by atoms with Gasteiger partial charge in [0, 0.05) is 18.3 Å². The zero-order valence-corrected chi connectivity index (χ0v) is 11.1. The molecule has 2 heteroatoms. The SMILES string of the molecule is CC(C)(C1=CCC(=O)CCC1)c1ccc(O)cc1. The van der Waals surface area contributed by atoms with Crippen molar-refractivity contribution in [1.29, 1.82) is 0 Å². The molecular weight excluding hydrogens is 224 g/mol. The largest absolute Gasteiger partial charge is 0.508 e. The highest BCUT2D eigenvalue weighted by molar-refractivity contribution is 5.80. The van der Waals surface area contributed by atoms with Gasteiger partial charge in [-0.3, -0.25) is 4.79 Å². The lowest BCUT2D eigenvalue weighted by Crippen LogP contribution is -2.20. The second-order valence-corrected chi connectivity index (χ2v) is 5.50. The molecule has 1 aliphatic rings. The number of carbonyl (C=O) groups excluding carboxylic acids is 1. The number of benzene rings is 1. The first-order valence-electron chi connectivity index (χ1n) is 6.51. The average Bonchev–Trinajstić information content (AvgIpc) is 2.55. The van der Waals surface area contributed by atoms with E-state index in [1.54, 1.807) is 12.1 Å². The summed E-state index contributed by atoms with van der Waals surface area (Å²) in [6.45, 7) is 4.36. The van der Waals surface area contributed by atoms with E-state index in [-0.39, 0.29) is 5.41 Å². The van der Waals surface area contributed by atoms with Gasteiger partial charge in [0.25, 0.3) is 0 Å². The van der Waals surface area contributed by atoms with E-state index in [0.29, 0.717) is 24.4 Å². The maximum absolute atomic E-state index is 11.5. The zero-order chi connectivity index (χ0) is 13.2. The van der Waals surface area contributed by atoms with Gasteiger partial charge >= 0.3 is 0 Å². The van der Waals surface area contributed by atoms with Gasteiger partial charge in [0.05, 0.1) is 0 Å². The van der Waals surface area contributed by atoms with Crippen molar-refractivity contribution in [2.75, 3.05) is 0 Å². The molecule has 0 heterocycles. The number of hydrogen-bond donors (Lipinski definition) is 1. The number of ketones is 1. The number of allylic oxidation sites excluding steroid dienone is 2. The van der Waals surface area contributed by atoms with Crippen molar-refractivity contribution >= 4 is 5.78 Å². The number of carbonyl (C=O) groups is 1. The Morgan fingerprint density at radius 3 is 2.44 bits per heavy atom. The van der Waals surface area contributed by atoms with Crippen LogP contribution >= 0.6 is 0 Å². The predicted molar refractivity (Wildman–Crippen MR) is 72.7 cm³/mol. The Morgan fingerprint density at radius 2 is 1.78 bits per heavy atom. The normalized spacial score (nSPS) is 17.2. The molecule has 0 aromatic heterocycles. The second-order valence-electron chi connectivity index (χ2n) is 5.50. The highest BCUT2D eigenvalue weighted by Gasteiger charge is 2.26. The minimum atomic E-state index is -0.0711. The van der Waals surface area contributed by atoms with Gasteiger partial charge in [-0.05, 0) is 30.5 Å². The van der Waals surface area contributed by atoms with Crippen LogP contribution < -0.4 is 0 Å². The van der Waals surface area contributed by atoms with Crippen LogP contribution in [-0.2, 0) is 10.2 Å². The highest BCUT2D eigenvalue weighted by Crippen LogP contribution is 2.36. The monoisotopic (exact) mass is 244 g/mol. The Hall–Kier alpha value is -1.57. The molecule has 0 radical (unpaired) electrons. The Kier molecular flexibility index (Phi) is 3.55. The first kappa shape index (κ1) is 12.9. The van der Waals surface area contributed by atoms with Gasteiger partial charge in [0.2, 0.25) is 0 Å². The number of rotatable bonds is 2. The lowest BCUT2D eigenvalue weighted by atomic mass is 9.76. The lowest BCUT2D eigenvalue weighted by Gasteiger charge is -2.29. The fourth-order valence-electron chi connectivity index (χ4n) is 2.55. The van der Waals surface area contributed by atoms with Crippen LogP contribution in [0, 0.1) is 0 Å². The molecule has 2 nitrogen and oxygen atoms in total. The molecule has 96 valence electrons. The molecule has 1 aromatic carbocycles. The maximum atomic E-state index is 11.5. The molecule has 0 bridgehead atoms. The van der Waals surface area contributed by atoms with Crippen molar-refractivity contribution in [2.45, 2.75) is 44.9 Å². The summed E-state index contributed by atoms with van der Waals surface area (Å²) >= 11 is 0. The Morgan fingerprint density at radius 1 is 1.11 bits per heavy atom. The summed E-state index contributed by atoms with van der Waals surface area (Å²) in [5.74, 6) is 0.631. The molecular formula is C16H20O2. The standard InChI is InChI=1S/C16H20O2/c1-16(2,13-7-10-15(18)11-8-13)12-4-3-5-14(17)9-6-12/h6-8,10-11,18H,3-5,9H2,1-2H3. The molecule has 1 aromatic rings. The Labute approximate surface area is 108 Å². The van der Waals surface area contributed by atoms with Crippen molar-refractivity contribution in [2.24, 2.45) is 0 Å². The van der Waals surface area contributed by atoms with Crippen LogP contribution in [0.2, 0.25) is 0 Å². The molecule has 0 fully saturated rings. The number of hydrogen-bond acceptors (Lipinski definition) is 2. The molecule has 1 N–H and O–H groups in total. The van der Waals surface area contributed by atoms with Crippen LogP contribution in [0.1, 0.15) is 45.1 Å². The Bertz CT molecular complexity index is 466.